The van der Waals surface area contributed by atoms with E-state index in [1.54, 1.807) is 13.8 Å². The maximum Gasteiger partial charge on any atom is 0.127 e. The molecular weight excluding hydrogens is 171 g/mol. The summed E-state index contributed by atoms with van der Waals surface area (Å²) in [5.74, 6) is -0.00245. The molecule has 0 spiro atoms. The first-order chi connectivity index (χ1) is 5.95. The lowest BCUT2D eigenvalue weighted by Crippen LogP contribution is -2.16. The van der Waals surface area contributed by atoms with Gasteiger partial charge in [0.2, 0.25) is 0 Å². The van der Waals surface area contributed by atoms with Gasteiger partial charge < -0.3 is 9.84 Å². The molecule has 0 aliphatic heterocycles. The number of hydrogen-bond acceptors (Lipinski definition) is 2. The molecule has 0 saturated carbocycles. The van der Waals surface area contributed by atoms with Gasteiger partial charge in [-0.05, 0) is 26.0 Å². The van der Waals surface area contributed by atoms with Crippen LogP contribution in [0.3, 0.4) is 0 Å². The van der Waals surface area contributed by atoms with E-state index in [0.29, 0.717) is 11.3 Å². The fourth-order valence-electron chi connectivity index (χ4n) is 1.17. The van der Waals surface area contributed by atoms with Crippen LogP contribution in [0.15, 0.2) is 18.2 Å². The Morgan fingerprint density at radius 2 is 2.00 bits per heavy atom. The van der Waals surface area contributed by atoms with E-state index in [-0.39, 0.29) is 5.82 Å². The summed E-state index contributed by atoms with van der Waals surface area (Å²) in [7, 11) is 1.45. The fourth-order valence-corrected chi connectivity index (χ4v) is 1.17. The zero-order chi connectivity index (χ0) is 10.1. The SMILES string of the molecule is COc1cc(F)ccc1C(C)(C)O. The molecule has 0 unspecified atom stereocenters. The number of halogens is 1. The normalized spacial score (nSPS) is 11.5. The van der Waals surface area contributed by atoms with E-state index in [0.717, 1.165) is 0 Å². The standard InChI is InChI=1S/C10H13FO2/c1-10(2,12)8-5-4-7(11)6-9(8)13-3/h4-6,12H,1-3H3. The van der Waals surface area contributed by atoms with Crippen LogP contribution in [0.5, 0.6) is 5.75 Å². The largest absolute Gasteiger partial charge is 0.496 e. The topological polar surface area (TPSA) is 29.5 Å². The van der Waals surface area contributed by atoms with Crippen LogP contribution in [0.1, 0.15) is 19.4 Å². The number of methoxy groups -OCH3 is 1. The molecule has 0 aliphatic rings. The van der Waals surface area contributed by atoms with Gasteiger partial charge in [0.15, 0.2) is 0 Å². The predicted octanol–water partition coefficient (Wildman–Crippen LogP) is 2.06. The van der Waals surface area contributed by atoms with E-state index in [9.17, 15) is 9.50 Å². The minimum Gasteiger partial charge on any atom is -0.496 e. The van der Waals surface area contributed by atoms with E-state index in [2.05, 4.69) is 0 Å². The minimum absolute atomic E-state index is 0.368. The highest BCUT2D eigenvalue weighted by atomic mass is 19.1. The first-order valence-electron chi connectivity index (χ1n) is 4.01. The van der Waals surface area contributed by atoms with Crippen LogP contribution >= 0.6 is 0 Å². The number of rotatable bonds is 2. The lowest BCUT2D eigenvalue weighted by molar-refractivity contribution is 0.0755. The Bertz CT molecular complexity index is 302. The van der Waals surface area contributed by atoms with Crippen molar-refractivity contribution in [3.63, 3.8) is 0 Å². The summed E-state index contributed by atoms with van der Waals surface area (Å²) in [6.07, 6.45) is 0. The third kappa shape index (κ3) is 2.18. The Labute approximate surface area is 77.0 Å². The molecule has 13 heavy (non-hydrogen) atoms. The number of benzene rings is 1. The molecule has 2 nitrogen and oxygen atoms in total. The van der Waals surface area contributed by atoms with E-state index >= 15 is 0 Å². The molecule has 0 saturated heterocycles. The molecule has 0 atom stereocenters. The Morgan fingerprint density at radius 3 is 2.46 bits per heavy atom. The van der Waals surface area contributed by atoms with Crippen molar-refractivity contribution in [2.24, 2.45) is 0 Å². The molecule has 0 aromatic heterocycles. The van der Waals surface area contributed by atoms with Crippen LogP contribution in [0.4, 0.5) is 4.39 Å². The summed E-state index contributed by atoms with van der Waals surface area (Å²) < 4.78 is 17.7. The molecular formula is C10H13FO2. The molecule has 0 amide bonds. The second kappa shape index (κ2) is 3.34. The highest BCUT2D eigenvalue weighted by Crippen LogP contribution is 2.29. The number of ether oxygens (including phenoxy) is 1. The molecule has 72 valence electrons. The third-order valence-corrected chi connectivity index (χ3v) is 1.82. The maximum absolute atomic E-state index is 12.8. The fraction of sp³-hybridized carbons (Fsp3) is 0.400. The Hall–Kier alpha value is -1.09. The summed E-state index contributed by atoms with van der Waals surface area (Å²) in [5.41, 5.74) is -0.435. The summed E-state index contributed by atoms with van der Waals surface area (Å²) in [4.78, 5) is 0. The van der Waals surface area contributed by atoms with Crippen LogP contribution in [-0.2, 0) is 5.60 Å². The second-order valence-corrected chi connectivity index (χ2v) is 3.40. The molecule has 0 bridgehead atoms. The monoisotopic (exact) mass is 184 g/mol. The molecule has 0 radical (unpaired) electrons. The van der Waals surface area contributed by atoms with Gasteiger partial charge in [-0.1, -0.05) is 0 Å². The summed E-state index contributed by atoms with van der Waals surface area (Å²) in [5, 5.41) is 9.69. The number of aliphatic hydroxyl groups is 1. The zero-order valence-electron chi connectivity index (χ0n) is 7.97. The van der Waals surface area contributed by atoms with Crippen LogP contribution in [0, 0.1) is 5.82 Å². The number of hydrogen-bond donors (Lipinski definition) is 1. The van der Waals surface area contributed by atoms with E-state index < -0.39 is 5.60 Å². The van der Waals surface area contributed by atoms with Gasteiger partial charge in [-0.3, -0.25) is 0 Å². The Balaban J connectivity index is 3.22. The van der Waals surface area contributed by atoms with Gasteiger partial charge in [0, 0.05) is 11.6 Å². The van der Waals surface area contributed by atoms with Crippen molar-refractivity contribution in [3.05, 3.63) is 29.6 Å². The molecule has 0 aliphatic carbocycles. The molecule has 1 N–H and O–H groups in total. The summed E-state index contributed by atoms with van der Waals surface area (Å²) in [6.45, 7) is 3.26. The van der Waals surface area contributed by atoms with Crippen LogP contribution in [0.25, 0.3) is 0 Å². The van der Waals surface area contributed by atoms with Crippen molar-refractivity contribution in [2.75, 3.05) is 7.11 Å². The summed E-state index contributed by atoms with van der Waals surface area (Å²) >= 11 is 0. The van der Waals surface area contributed by atoms with E-state index in [1.807, 2.05) is 0 Å². The van der Waals surface area contributed by atoms with Gasteiger partial charge in [0.25, 0.3) is 0 Å². The molecule has 1 aromatic carbocycles. The molecule has 3 heteroatoms. The van der Waals surface area contributed by atoms with Crippen molar-refractivity contribution in [2.45, 2.75) is 19.4 Å². The molecule has 1 rings (SSSR count). The van der Waals surface area contributed by atoms with Gasteiger partial charge in [-0.2, -0.15) is 0 Å². The maximum atomic E-state index is 12.8. The molecule has 0 heterocycles. The van der Waals surface area contributed by atoms with Crippen molar-refractivity contribution in [3.8, 4) is 5.75 Å². The predicted molar refractivity (Wildman–Crippen MR) is 48.2 cm³/mol. The van der Waals surface area contributed by atoms with Crippen LogP contribution in [0.2, 0.25) is 0 Å². The molecule has 0 fully saturated rings. The second-order valence-electron chi connectivity index (χ2n) is 3.40. The van der Waals surface area contributed by atoms with Crippen LogP contribution < -0.4 is 4.74 Å². The third-order valence-electron chi connectivity index (χ3n) is 1.82. The summed E-state index contributed by atoms with van der Waals surface area (Å²) in [6, 6.07) is 4.08. The average molecular weight is 184 g/mol. The van der Waals surface area contributed by atoms with Crippen molar-refractivity contribution < 1.29 is 14.2 Å². The van der Waals surface area contributed by atoms with E-state index in [1.165, 1.54) is 25.3 Å². The smallest absolute Gasteiger partial charge is 0.127 e. The Morgan fingerprint density at radius 1 is 1.38 bits per heavy atom. The minimum atomic E-state index is -1.01. The van der Waals surface area contributed by atoms with E-state index in [4.69, 9.17) is 4.74 Å². The highest BCUT2D eigenvalue weighted by molar-refractivity contribution is 5.37. The van der Waals surface area contributed by atoms with Crippen LogP contribution in [-0.4, -0.2) is 12.2 Å². The highest BCUT2D eigenvalue weighted by Gasteiger charge is 2.20. The van der Waals surface area contributed by atoms with Gasteiger partial charge in [0.1, 0.15) is 11.6 Å². The zero-order valence-corrected chi connectivity index (χ0v) is 7.97. The first-order valence-corrected chi connectivity index (χ1v) is 4.01. The van der Waals surface area contributed by atoms with Gasteiger partial charge >= 0.3 is 0 Å². The average Bonchev–Trinajstić information content (AvgIpc) is 2.01. The lowest BCUT2D eigenvalue weighted by Gasteiger charge is -2.20. The van der Waals surface area contributed by atoms with Crippen molar-refractivity contribution >= 4 is 0 Å². The van der Waals surface area contributed by atoms with Crippen molar-refractivity contribution in [1.29, 1.82) is 0 Å². The van der Waals surface area contributed by atoms with Gasteiger partial charge in [0.05, 0.1) is 12.7 Å². The quantitative estimate of drug-likeness (QED) is 0.762. The van der Waals surface area contributed by atoms with Gasteiger partial charge in [-0.15, -0.1) is 0 Å². The van der Waals surface area contributed by atoms with Gasteiger partial charge in [-0.25, -0.2) is 4.39 Å². The van der Waals surface area contributed by atoms with Crippen molar-refractivity contribution in [1.82, 2.24) is 0 Å². The lowest BCUT2D eigenvalue weighted by atomic mass is 9.97. The Kier molecular flexibility index (Phi) is 2.57. The first kappa shape index (κ1) is 9.99. The molecule has 1 aromatic rings.